The molecular weight excluding hydrogens is 240 g/mol. The standard InChI is InChI=1S/C10H21BNO4P/c1-6(5-17)10(14)12-8(3)9(13)4-7(2)11(15)16/h6-8,15-16H,4-5,17H2,1-3H3,(H,12,14)/t6?,7-,8?/m1/s1. The van der Waals surface area contributed by atoms with Crippen LogP contribution in [0.1, 0.15) is 27.2 Å². The van der Waals surface area contributed by atoms with Crippen LogP contribution in [0.3, 0.4) is 0 Å². The Morgan fingerprint density at radius 1 is 1.29 bits per heavy atom. The summed E-state index contributed by atoms with van der Waals surface area (Å²) in [6.45, 7) is 4.95. The highest BCUT2D eigenvalue weighted by Gasteiger charge is 2.25. The summed E-state index contributed by atoms with van der Waals surface area (Å²) in [6.07, 6.45) is 0.673. The molecule has 17 heavy (non-hydrogen) atoms. The number of ketones is 1. The first kappa shape index (κ1) is 16.6. The molecule has 0 aliphatic heterocycles. The highest BCUT2D eigenvalue weighted by Crippen LogP contribution is 2.12. The molecule has 0 saturated carbocycles. The van der Waals surface area contributed by atoms with Gasteiger partial charge >= 0.3 is 7.12 Å². The van der Waals surface area contributed by atoms with E-state index in [0.717, 1.165) is 0 Å². The molecule has 5 nitrogen and oxygen atoms in total. The van der Waals surface area contributed by atoms with Crippen molar-refractivity contribution in [3.05, 3.63) is 0 Å². The fraction of sp³-hybridized carbons (Fsp3) is 0.800. The molecule has 3 unspecified atom stereocenters. The molecule has 0 radical (unpaired) electrons. The van der Waals surface area contributed by atoms with Crippen LogP contribution in [-0.2, 0) is 9.59 Å². The highest BCUT2D eigenvalue weighted by molar-refractivity contribution is 7.16. The average molecular weight is 261 g/mol. The number of hydrogen-bond donors (Lipinski definition) is 3. The van der Waals surface area contributed by atoms with Crippen LogP contribution in [0, 0.1) is 5.92 Å². The second-order valence-corrected chi connectivity index (χ2v) is 4.90. The third-order valence-corrected chi connectivity index (χ3v) is 3.38. The molecule has 0 bridgehead atoms. The lowest BCUT2D eigenvalue weighted by molar-refractivity contribution is -0.129. The number of rotatable bonds is 7. The maximum atomic E-state index is 11.7. The lowest BCUT2D eigenvalue weighted by atomic mass is 9.71. The van der Waals surface area contributed by atoms with Crippen molar-refractivity contribution in [3.8, 4) is 0 Å². The largest absolute Gasteiger partial charge is 0.454 e. The summed E-state index contributed by atoms with van der Waals surface area (Å²) in [5.74, 6) is -1.05. The topological polar surface area (TPSA) is 86.6 Å². The molecule has 0 heterocycles. The Morgan fingerprint density at radius 3 is 2.24 bits per heavy atom. The van der Waals surface area contributed by atoms with Crippen LogP contribution in [0.5, 0.6) is 0 Å². The molecule has 0 fully saturated rings. The zero-order chi connectivity index (χ0) is 13.6. The maximum absolute atomic E-state index is 11.7. The van der Waals surface area contributed by atoms with Gasteiger partial charge in [-0.05, 0) is 18.9 Å². The average Bonchev–Trinajstić information content (AvgIpc) is 2.27. The van der Waals surface area contributed by atoms with Gasteiger partial charge in [-0.2, -0.15) is 0 Å². The molecule has 0 spiro atoms. The fourth-order valence-corrected chi connectivity index (χ4v) is 1.36. The molecule has 0 aromatic carbocycles. The molecule has 1 amide bonds. The first-order chi connectivity index (χ1) is 7.79. The number of carbonyl (C=O) groups is 2. The summed E-state index contributed by atoms with van der Waals surface area (Å²) in [5.41, 5.74) is 0. The Labute approximate surface area is 105 Å². The summed E-state index contributed by atoms with van der Waals surface area (Å²) < 4.78 is 0. The summed E-state index contributed by atoms with van der Waals surface area (Å²) >= 11 is 0. The molecule has 7 heteroatoms. The van der Waals surface area contributed by atoms with Gasteiger partial charge in [0, 0.05) is 12.3 Å². The van der Waals surface area contributed by atoms with Gasteiger partial charge in [0.25, 0.3) is 0 Å². The number of nitrogens with one attached hydrogen (secondary N) is 1. The van der Waals surface area contributed by atoms with Gasteiger partial charge < -0.3 is 15.4 Å². The lowest BCUT2D eigenvalue weighted by Crippen LogP contribution is -2.42. The zero-order valence-electron chi connectivity index (χ0n) is 10.5. The zero-order valence-corrected chi connectivity index (χ0v) is 11.7. The Morgan fingerprint density at radius 2 is 1.82 bits per heavy atom. The second kappa shape index (κ2) is 7.80. The smallest absolute Gasteiger partial charge is 0.427 e. The van der Waals surface area contributed by atoms with Crippen molar-refractivity contribution in [1.82, 2.24) is 5.32 Å². The van der Waals surface area contributed by atoms with E-state index in [1.807, 2.05) is 0 Å². The Kier molecular flexibility index (Phi) is 7.60. The van der Waals surface area contributed by atoms with Crippen molar-refractivity contribution in [2.75, 3.05) is 6.16 Å². The van der Waals surface area contributed by atoms with Gasteiger partial charge in [0.1, 0.15) is 0 Å². The van der Waals surface area contributed by atoms with E-state index in [-0.39, 0.29) is 24.0 Å². The van der Waals surface area contributed by atoms with E-state index in [0.29, 0.717) is 6.16 Å². The van der Waals surface area contributed by atoms with Crippen molar-refractivity contribution in [1.29, 1.82) is 0 Å². The molecule has 0 aliphatic rings. The molecule has 0 aliphatic carbocycles. The molecule has 0 aromatic heterocycles. The normalized spacial score (nSPS) is 15.9. The van der Waals surface area contributed by atoms with Gasteiger partial charge in [-0.1, -0.05) is 13.8 Å². The third-order valence-electron chi connectivity index (χ3n) is 2.67. The Hall–Kier alpha value is -0.445. The number of hydrogen-bond acceptors (Lipinski definition) is 4. The minimum atomic E-state index is -1.51. The second-order valence-electron chi connectivity index (χ2n) is 4.43. The predicted octanol–water partition coefficient (Wildman–Crippen LogP) is -0.176. The van der Waals surface area contributed by atoms with Crippen LogP contribution in [0.2, 0.25) is 5.82 Å². The van der Waals surface area contributed by atoms with Crippen LogP contribution >= 0.6 is 9.24 Å². The minimum absolute atomic E-state index is 0.0361. The van der Waals surface area contributed by atoms with E-state index in [2.05, 4.69) is 14.6 Å². The number of carbonyl (C=O) groups excluding carboxylic acids is 2. The van der Waals surface area contributed by atoms with Crippen molar-refractivity contribution in [2.24, 2.45) is 5.92 Å². The third kappa shape index (κ3) is 6.15. The van der Waals surface area contributed by atoms with E-state index in [1.54, 1.807) is 20.8 Å². The predicted molar refractivity (Wildman–Crippen MR) is 70.6 cm³/mol. The van der Waals surface area contributed by atoms with Gasteiger partial charge in [0.05, 0.1) is 6.04 Å². The van der Waals surface area contributed by atoms with Crippen LogP contribution in [0.15, 0.2) is 0 Å². The van der Waals surface area contributed by atoms with Crippen molar-refractivity contribution in [3.63, 3.8) is 0 Å². The highest BCUT2D eigenvalue weighted by atomic mass is 31.0. The van der Waals surface area contributed by atoms with Crippen LogP contribution < -0.4 is 5.32 Å². The molecule has 0 rings (SSSR count). The SMILES string of the molecule is CC(CP)C(=O)NC(C)C(=O)C[C@@H](C)B(O)O. The van der Waals surface area contributed by atoms with E-state index in [9.17, 15) is 9.59 Å². The Balaban J connectivity index is 4.19. The van der Waals surface area contributed by atoms with Crippen molar-refractivity contribution < 1.29 is 19.6 Å². The van der Waals surface area contributed by atoms with Gasteiger partial charge in [0.15, 0.2) is 5.78 Å². The Bertz CT molecular complexity index is 275. The quantitative estimate of drug-likeness (QED) is 0.438. The van der Waals surface area contributed by atoms with Gasteiger partial charge in [-0.25, -0.2) is 0 Å². The fourth-order valence-electron chi connectivity index (χ4n) is 1.14. The molecule has 98 valence electrons. The maximum Gasteiger partial charge on any atom is 0.454 e. The van der Waals surface area contributed by atoms with Gasteiger partial charge in [0.2, 0.25) is 5.91 Å². The molecular formula is C10H21BNO4P. The van der Waals surface area contributed by atoms with Crippen molar-refractivity contribution >= 4 is 28.0 Å². The van der Waals surface area contributed by atoms with E-state index < -0.39 is 19.0 Å². The van der Waals surface area contributed by atoms with E-state index in [1.165, 1.54) is 0 Å². The lowest BCUT2D eigenvalue weighted by Gasteiger charge is -2.17. The van der Waals surface area contributed by atoms with Gasteiger partial charge in [-0.15, -0.1) is 9.24 Å². The molecule has 4 atom stereocenters. The van der Waals surface area contributed by atoms with Crippen LogP contribution in [0.4, 0.5) is 0 Å². The summed E-state index contributed by atoms with van der Waals surface area (Å²) in [4.78, 5) is 23.2. The summed E-state index contributed by atoms with van der Waals surface area (Å²) in [5, 5.41) is 20.4. The van der Waals surface area contributed by atoms with Crippen LogP contribution in [-0.4, -0.2) is 41.1 Å². The summed E-state index contributed by atoms with van der Waals surface area (Å²) in [7, 11) is 0.969. The van der Waals surface area contributed by atoms with E-state index in [4.69, 9.17) is 10.0 Å². The molecule has 0 aromatic rings. The monoisotopic (exact) mass is 261 g/mol. The van der Waals surface area contributed by atoms with Crippen molar-refractivity contribution in [2.45, 2.75) is 39.1 Å². The first-order valence-electron chi connectivity index (χ1n) is 5.68. The number of Topliss-reactive ketones (excluding diaryl/α,β-unsaturated/α-hetero) is 1. The first-order valence-corrected chi connectivity index (χ1v) is 6.50. The van der Waals surface area contributed by atoms with Gasteiger partial charge in [-0.3, -0.25) is 9.59 Å². The van der Waals surface area contributed by atoms with Crippen LogP contribution in [0.25, 0.3) is 0 Å². The number of amides is 1. The van der Waals surface area contributed by atoms with E-state index >= 15 is 0 Å². The summed E-state index contributed by atoms with van der Waals surface area (Å²) in [6, 6.07) is -0.595. The minimum Gasteiger partial charge on any atom is -0.427 e. The molecule has 3 N–H and O–H groups in total. The molecule has 0 saturated heterocycles.